The Morgan fingerprint density at radius 1 is 1.22 bits per heavy atom. The van der Waals surface area contributed by atoms with Crippen molar-refractivity contribution in [1.29, 1.82) is 0 Å². The number of carbonyl (C=O) groups excluding carboxylic acids is 1. The average molecular weight is 271 g/mol. The van der Waals surface area contributed by atoms with E-state index in [1.807, 2.05) is 0 Å². The summed E-state index contributed by atoms with van der Waals surface area (Å²) in [5.74, 6) is -2.01. The molecule has 0 unspecified atom stereocenters. The first kappa shape index (κ1) is 14.1. The predicted octanol–water partition coefficient (Wildman–Crippen LogP) is 3.03. The van der Waals surface area contributed by atoms with E-state index in [2.05, 4.69) is 10.3 Å². The molecular formula is C12H9ClF2N2O. The normalized spacial score (nSPS) is 9.44. The number of rotatable bonds is 2. The first-order valence-electron chi connectivity index (χ1n) is 4.83. The number of pyridine rings is 1. The van der Waals surface area contributed by atoms with Crippen LogP contribution in [0.4, 0.5) is 14.5 Å². The molecular weight excluding hydrogens is 262 g/mol. The molecule has 0 saturated carbocycles. The van der Waals surface area contributed by atoms with Crippen molar-refractivity contribution in [2.75, 3.05) is 5.32 Å². The molecule has 0 aliphatic rings. The number of carbonyl (C=O) groups is 1. The van der Waals surface area contributed by atoms with Gasteiger partial charge in [0.05, 0.1) is 11.3 Å². The molecule has 6 heteroatoms. The van der Waals surface area contributed by atoms with Crippen molar-refractivity contribution in [3.05, 3.63) is 59.9 Å². The van der Waals surface area contributed by atoms with Crippen molar-refractivity contribution in [2.45, 2.75) is 0 Å². The van der Waals surface area contributed by atoms with E-state index in [1.54, 1.807) is 12.1 Å². The van der Waals surface area contributed by atoms with Crippen LogP contribution in [0.3, 0.4) is 0 Å². The zero-order chi connectivity index (χ0) is 12.3. The van der Waals surface area contributed by atoms with Gasteiger partial charge in [-0.25, -0.2) is 8.78 Å². The smallest absolute Gasteiger partial charge is 0.257 e. The molecule has 0 saturated heterocycles. The van der Waals surface area contributed by atoms with Crippen LogP contribution in [0.25, 0.3) is 0 Å². The van der Waals surface area contributed by atoms with Crippen LogP contribution in [-0.2, 0) is 0 Å². The molecule has 0 atom stereocenters. The van der Waals surface area contributed by atoms with Gasteiger partial charge in [-0.2, -0.15) is 0 Å². The maximum atomic E-state index is 13.3. The fraction of sp³-hybridized carbons (Fsp3) is 0. The average Bonchev–Trinajstić information content (AvgIpc) is 2.34. The van der Waals surface area contributed by atoms with Gasteiger partial charge in [0.25, 0.3) is 5.91 Å². The summed E-state index contributed by atoms with van der Waals surface area (Å²) in [7, 11) is 0. The van der Waals surface area contributed by atoms with E-state index >= 15 is 0 Å². The molecule has 1 heterocycles. The van der Waals surface area contributed by atoms with E-state index in [1.165, 1.54) is 18.5 Å². The van der Waals surface area contributed by atoms with Crippen LogP contribution in [0, 0.1) is 11.6 Å². The molecule has 1 aromatic carbocycles. The minimum atomic E-state index is -0.817. The van der Waals surface area contributed by atoms with Crippen LogP contribution in [0.5, 0.6) is 0 Å². The van der Waals surface area contributed by atoms with Crippen molar-refractivity contribution in [3.63, 3.8) is 0 Å². The number of halogens is 3. The third-order valence-electron chi connectivity index (χ3n) is 2.10. The Hall–Kier alpha value is -2.01. The minimum Gasteiger partial charge on any atom is -0.319 e. The highest BCUT2D eigenvalue weighted by molar-refractivity contribution is 6.04. The standard InChI is InChI=1S/C12H8F2N2O.ClH/c13-9-3-4-11(10(14)6-9)16-12(17)8-2-1-5-15-7-8;/h1-7H,(H,16,17);1H. The number of aromatic nitrogens is 1. The monoisotopic (exact) mass is 270 g/mol. The van der Waals surface area contributed by atoms with E-state index < -0.39 is 17.5 Å². The second-order valence-electron chi connectivity index (χ2n) is 3.32. The summed E-state index contributed by atoms with van der Waals surface area (Å²) in [5, 5.41) is 2.33. The first-order valence-corrected chi connectivity index (χ1v) is 4.83. The maximum Gasteiger partial charge on any atom is 0.257 e. The number of hydrogen-bond acceptors (Lipinski definition) is 2. The molecule has 0 fully saturated rings. The number of amides is 1. The van der Waals surface area contributed by atoms with E-state index in [-0.39, 0.29) is 18.1 Å². The van der Waals surface area contributed by atoms with E-state index in [9.17, 15) is 13.6 Å². The van der Waals surface area contributed by atoms with Crippen LogP contribution in [0.1, 0.15) is 10.4 Å². The lowest BCUT2D eigenvalue weighted by atomic mass is 10.2. The summed E-state index contributed by atoms with van der Waals surface area (Å²) in [6.07, 6.45) is 2.88. The molecule has 2 aromatic rings. The Labute approximate surface area is 108 Å². The van der Waals surface area contributed by atoms with Crippen LogP contribution in [0.2, 0.25) is 0 Å². The van der Waals surface area contributed by atoms with Crippen molar-refractivity contribution in [3.8, 4) is 0 Å². The molecule has 0 aliphatic carbocycles. The Morgan fingerprint density at radius 3 is 2.61 bits per heavy atom. The Balaban J connectivity index is 0.00000162. The van der Waals surface area contributed by atoms with Gasteiger partial charge < -0.3 is 5.32 Å². The van der Waals surface area contributed by atoms with Gasteiger partial charge in [-0.15, -0.1) is 12.4 Å². The lowest BCUT2D eigenvalue weighted by molar-refractivity contribution is 0.102. The molecule has 3 nitrogen and oxygen atoms in total. The third kappa shape index (κ3) is 3.24. The quantitative estimate of drug-likeness (QED) is 0.911. The van der Waals surface area contributed by atoms with E-state index in [0.717, 1.165) is 6.07 Å². The number of nitrogens with one attached hydrogen (secondary N) is 1. The first-order chi connectivity index (χ1) is 8.16. The highest BCUT2D eigenvalue weighted by Crippen LogP contribution is 2.15. The van der Waals surface area contributed by atoms with Gasteiger partial charge in [0.1, 0.15) is 11.6 Å². The van der Waals surface area contributed by atoms with E-state index in [4.69, 9.17) is 0 Å². The van der Waals surface area contributed by atoms with Crippen LogP contribution >= 0.6 is 12.4 Å². The minimum absolute atomic E-state index is 0. The summed E-state index contributed by atoms with van der Waals surface area (Å²) < 4.78 is 25.9. The van der Waals surface area contributed by atoms with Gasteiger partial charge in [-0.3, -0.25) is 9.78 Å². The SMILES string of the molecule is Cl.O=C(Nc1ccc(F)cc1F)c1cccnc1. The Morgan fingerprint density at radius 2 is 2.00 bits per heavy atom. The maximum absolute atomic E-state index is 13.3. The molecule has 2 rings (SSSR count). The topological polar surface area (TPSA) is 42.0 Å². The molecule has 94 valence electrons. The summed E-state index contributed by atoms with van der Waals surface area (Å²) in [4.78, 5) is 15.4. The molecule has 1 amide bonds. The summed E-state index contributed by atoms with van der Waals surface area (Å²) in [6, 6.07) is 6.08. The second-order valence-corrected chi connectivity index (χ2v) is 3.32. The van der Waals surface area contributed by atoms with Gasteiger partial charge in [-0.05, 0) is 24.3 Å². The van der Waals surface area contributed by atoms with Crippen molar-refractivity contribution in [2.24, 2.45) is 0 Å². The molecule has 0 aliphatic heterocycles. The van der Waals surface area contributed by atoms with Crippen molar-refractivity contribution < 1.29 is 13.6 Å². The highest BCUT2D eigenvalue weighted by Gasteiger charge is 2.09. The molecule has 0 spiro atoms. The van der Waals surface area contributed by atoms with Crippen LogP contribution < -0.4 is 5.32 Å². The van der Waals surface area contributed by atoms with Gasteiger partial charge in [0.15, 0.2) is 0 Å². The summed E-state index contributed by atoms with van der Waals surface area (Å²) in [5.41, 5.74) is 0.233. The molecule has 1 N–H and O–H groups in total. The fourth-order valence-electron chi connectivity index (χ4n) is 1.28. The van der Waals surface area contributed by atoms with Gasteiger partial charge in [0, 0.05) is 18.5 Å². The molecule has 18 heavy (non-hydrogen) atoms. The van der Waals surface area contributed by atoms with Gasteiger partial charge in [-0.1, -0.05) is 0 Å². The molecule has 0 bridgehead atoms. The number of anilines is 1. The molecule has 1 aromatic heterocycles. The van der Waals surface area contributed by atoms with Gasteiger partial charge >= 0.3 is 0 Å². The highest BCUT2D eigenvalue weighted by atomic mass is 35.5. The van der Waals surface area contributed by atoms with E-state index in [0.29, 0.717) is 11.6 Å². The third-order valence-corrected chi connectivity index (χ3v) is 2.10. The fourth-order valence-corrected chi connectivity index (χ4v) is 1.28. The number of benzene rings is 1. The van der Waals surface area contributed by atoms with Crippen molar-refractivity contribution >= 4 is 24.0 Å². The summed E-state index contributed by atoms with van der Waals surface area (Å²) >= 11 is 0. The zero-order valence-electron chi connectivity index (χ0n) is 9.06. The second kappa shape index (κ2) is 6.07. The lowest BCUT2D eigenvalue weighted by Gasteiger charge is -2.05. The molecule has 0 radical (unpaired) electrons. The largest absolute Gasteiger partial charge is 0.319 e. The van der Waals surface area contributed by atoms with Crippen molar-refractivity contribution in [1.82, 2.24) is 4.98 Å². The number of nitrogens with zero attached hydrogens (tertiary/aromatic N) is 1. The lowest BCUT2D eigenvalue weighted by Crippen LogP contribution is -2.13. The Bertz CT molecular complexity index is 549. The Kier molecular flexibility index (Phi) is 4.74. The van der Waals surface area contributed by atoms with Gasteiger partial charge in [0.2, 0.25) is 0 Å². The zero-order valence-corrected chi connectivity index (χ0v) is 9.88. The number of hydrogen-bond donors (Lipinski definition) is 1. The van der Waals surface area contributed by atoms with Crippen LogP contribution in [-0.4, -0.2) is 10.9 Å². The van der Waals surface area contributed by atoms with Crippen LogP contribution in [0.15, 0.2) is 42.7 Å². The predicted molar refractivity (Wildman–Crippen MR) is 65.8 cm³/mol. The summed E-state index contributed by atoms with van der Waals surface area (Å²) in [6.45, 7) is 0.